The fourth-order valence-corrected chi connectivity index (χ4v) is 2.42. The first kappa shape index (κ1) is 8.97. The Hall–Kier alpha value is -0.610. The fourth-order valence-electron chi connectivity index (χ4n) is 2.42. The summed E-state index contributed by atoms with van der Waals surface area (Å²) >= 11 is 0. The fraction of sp³-hybridized carbons (Fsp3) is 0.889. The Morgan fingerprint density at radius 2 is 2.23 bits per heavy atom. The van der Waals surface area contributed by atoms with Crippen molar-refractivity contribution in [3.63, 3.8) is 0 Å². The topological polar surface area (TPSA) is 45.1 Å². The lowest BCUT2D eigenvalue weighted by Crippen LogP contribution is -2.50. The van der Waals surface area contributed by atoms with E-state index in [4.69, 9.17) is 4.84 Å². The molecule has 2 aliphatic rings. The van der Waals surface area contributed by atoms with Crippen LogP contribution in [-0.2, 0) is 4.84 Å². The third kappa shape index (κ3) is 0.802. The number of oxime groups is 1. The van der Waals surface area contributed by atoms with Crippen molar-refractivity contribution in [1.29, 1.82) is 0 Å². The van der Waals surface area contributed by atoms with Crippen LogP contribution in [0.4, 0.5) is 0 Å². The predicted molar refractivity (Wildman–Crippen MR) is 48.4 cm³/mol. The summed E-state index contributed by atoms with van der Waals surface area (Å²) in [4.78, 5) is 5.33. The molecule has 0 amide bonds. The minimum atomic E-state index is -0.670. The molecule has 3 unspecified atom stereocenters. The van der Waals surface area contributed by atoms with E-state index >= 15 is 0 Å². The predicted octanol–water partition coefficient (Wildman–Crippen LogP) is 1.60. The van der Waals surface area contributed by atoms with E-state index in [1.165, 1.54) is 5.06 Å². The third-order valence-electron chi connectivity index (χ3n) is 3.74. The zero-order chi connectivity index (χ0) is 9.85. The van der Waals surface area contributed by atoms with Crippen LogP contribution in [0.25, 0.3) is 0 Å². The molecule has 1 saturated heterocycles. The molecule has 1 N–H and O–H groups in total. The quantitative estimate of drug-likeness (QED) is 0.622. The highest BCUT2D eigenvalue weighted by molar-refractivity contribution is 5.90. The van der Waals surface area contributed by atoms with Gasteiger partial charge in [-0.2, -0.15) is 0 Å². The molecular formula is C9H16N2O2. The molecule has 3 atom stereocenters. The van der Waals surface area contributed by atoms with Gasteiger partial charge in [0.05, 0.1) is 11.1 Å². The number of rotatable bonds is 0. The summed E-state index contributed by atoms with van der Waals surface area (Å²) in [5.41, 5.74) is 0.149. The number of hydrogen-bond donors (Lipinski definition) is 1. The summed E-state index contributed by atoms with van der Waals surface area (Å²) in [7, 11) is 0. The third-order valence-corrected chi connectivity index (χ3v) is 3.74. The average Bonchev–Trinajstić information content (AvgIpc) is 2.38. The maximum absolute atomic E-state index is 9.85. The summed E-state index contributed by atoms with van der Waals surface area (Å²) in [6.07, 6.45) is 0.884. The van der Waals surface area contributed by atoms with Gasteiger partial charge in [0.2, 0.25) is 5.72 Å². The first-order chi connectivity index (χ1) is 5.92. The number of fused-ring (bicyclic) bond motifs is 1. The van der Waals surface area contributed by atoms with Gasteiger partial charge < -0.3 is 10.0 Å². The van der Waals surface area contributed by atoms with Crippen molar-refractivity contribution < 1.29 is 10.0 Å². The van der Waals surface area contributed by atoms with E-state index in [0.29, 0.717) is 0 Å². The molecule has 0 aromatic carbocycles. The van der Waals surface area contributed by atoms with Gasteiger partial charge in [-0.25, -0.2) is 0 Å². The van der Waals surface area contributed by atoms with Gasteiger partial charge in [-0.3, -0.25) is 0 Å². The van der Waals surface area contributed by atoms with Crippen molar-refractivity contribution in [1.82, 2.24) is 5.06 Å². The van der Waals surface area contributed by atoms with E-state index in [1.54, 1.807) is 0 Å². The zero-order valence-corrected chi connectivity index (χ0v) is 8.53. The Bertz CT molecular complexity index is 279. The molecule has 0 saturated carbocycles. The first-order valence-electron chi connectivity index (χ1n) is 4.63. The minimum absolute atomic E-state index is 0.125. The summed E-state index contributed by atoms with van der Waals surface area (Å²) in [5, 5.41) is 15.1. The Labute approximate surface area is 78.1 Å². The van der Waals surface area contributed by atoms with Crippen LogP contribution in [0, 0.1) is 5.41 Å². The molecule has 4 heteroatoms. The van der Waals surface area contributed by atoms with Gasteiger partial charge in [0.25, 0.3) is 0 Å². The number of hydroxylamine groups is 2. The minimum Gasteiger partial charge on any atom is -0.370 e. The highest BCUT2D eigenvalue weighted by Gasteiger charge is 2.64. The molecule has 0 aromatic rings. The van der Waals surface area contributed by atoms with Crippen LogP contribution in [0.5, 0.6) is 0 Å². The van der Waals surface area contributed by atoms with Gasteiger partial charge in [-0.15, -0.1) is 5.06 Å². The van der Waals surface area contributed by atoms with Crippen LogP contribution < -0.4 is 0 Å². The first-order valence-corrected chi connectivity index (χ1v) is 4.63. The van der Waals surface area contributed by atoms with Gasteiger partial charge >= 0.3 is 0 Å². The lowest BCUT2D eigenvalue weighted by molar-refractivity contribution is -0.275. The Morgan fingerprint density at radius 3 is 2.77 bits per heavy atom. The highest BCUT2D eigenvalue weighted by Crippen LogP contribution is 2.52. The average molecular weight is 184 g/mol. The second-order valence-corrected chi connectivity index (χ2v) is 4.48. The van der Waals surface area contributed by atoms with Gasteiger partial charge in [0.15, 0.2) is 0 Å². The van der Waals surface area contributed by atoms with Crippen LogP contribution in [0.15, 0.2) is 5.16 Å². The van der Waals surface area contributed by atoms with E-state index in [-0.39, 0.29) is 11.5 Å². The van der Waals surface area contributed by atoms with Crippen molar-refractivity contribution in [2.75, 3.05) is 0 Å². The Balaban J connectivity index is 2.44. The maximum atomic E-state index is 9.85. The lowest BCUT2D eigenvalue weighted by Gasteiger charge is -2.34. The largest absolute Gasteiger partial charge is 0.370 e. The van der Waals surface area contributed by atoms with Crippen LogP contribution in [0.3, 0.4) is 0 Å². The molecule has 4 nitrogen and oxygen atoms in total. The molecule has 0 radical (unpaired) electrons. The van der Waals surface area contributed by atoms with E-state index in [1.807, 2.05) is 20.8 Å². The Kier molecular flexibility index (Phi) is 1.55. The van der Waals surface area contributed by atoms with E-state index in [0.717, 1.165) is 12.1 Å². The van der Waals surface area contributed by atoms with Gasteiger partial charge in [-0.05, 0) is 34.1 Å². The van der Waals surface area contributed by atoms with E-state index in [9.17, 15) is 5.21 Å². The summed E-state index contributed by atoms with van der Waals surface area (Å²) in [6, 6.07) is 0.125. The second kappa shape index (κ2) is 2.25. The van der Waals surface area contributed by atoms with Crippen LogP contribution in [0.1, 0.15) is 34.1 Å². The van der Waals surface area contributed by atoms with Gasteiger partial charge in [0.1, 0.15) is 0 Å². The molecule has 74 valence electrons. The van der Waals surface area contributed by atoms with Crippen molar-refractivity contribution in [3.05, 3.63) is 0 Å². The van der Waals surface area contributed by atoms with Crippen LogP contribution in [0.2, 0.25) is 0 Å². The number of hydrogen-bond acceptors (Lipinski definition) is 4. The molecule has 2 rings (SSSR count). The molecule has 1 fully saturated rings. The van der Waals surface area contributed by atoms with Crippen molar-refractivity contribution in [2.45, 2.75) is 45.9 Å². The standard InChI is InChI=1S/C9H16N2O2/c1-6-5-8(3)7(2)10-13-9(8,4)11(6)12/h6,12H,5H2,1-4H3. The lowest BCUT2D eigenvalue weighted by atomic mass is 9.76. The van der Waals surface area contributed by atoms with E-state index in [2.05, 4.69) is 12.1 Å². The molecule has 0 bridgehead atoms. The summed E-state index contributed by atoms with van der Waals surface area (Å²) < 4.78 is 0. The van der Waals surface area contributed by atoms with Crippen LogP contribution in [-0.4, -0.2) is 27.7 Å². The molecule has 2 heterocycles. The van der Waals surface area contributed by atoms with E-state index < -0.39 is 5.72 Å². The van der Waals surface area contributed by atoms with Gasteiger partial charge in [-0.1, -0.05) is 5.16 Å². The summed E-state index contributed by atoms with van der Waals surface area (Å²) in [5.74, 6) is 0. The molecule has 13 heavy (non-hydrogen) atoms. The van der Waals surface area contributed by atoms with Crippen LogP contribution >= 0.6 is 0 Å². The SMILES string of the molecule is CC1=NOC2(C)N(O)C(C)CC12C. The van der Waals surface area contributed by atoms with Crippen molar-refractivity contribution in [3.8, 4) is 0 Å². The zero-order valence-electron chi connectivity index (χ0n) is 8.53. The molecule has 2 aliphatic heterocycles. The van der Waals surface area contributed by atoms with Gasteiger partial charge in [0, 0.05) is 6.04 Å². The molecule has 0 spiro atoms. The highest BCUT2D eigenvalue weighted by atomic mass is 16.7. The second-order valence-electron chi connectivity index (χ2n) is 4.48. The molecule has 0 aromatic heterocycles. The monoisotopic (exact) mass is 184 g/mol. The van der Waals surface area contributed by atoms with Crippen molar-refractivity contribution >= 4 is 5.71 Å². The molecular weight excluding hydrogens is 168 g/mol. The number of nitrogens with zero attached hydrogens (tertiary/aromatic N) is 2. The summed E-state index contributed by atoms with van der Waals surface area (Å²) in [6.45, 7) is 7.92. The van der Waals surface area contributed by atoms with Crippen molar-refractivity contribution in [2.24, 2.45) is 10.6 Å². The smallest absolute Gasteiger partial charge is 0.220 e. The normalized spacial score (nSPS) is 50.2. The molecule has 0 aliphatic carbocycles. The maximum Gasteiger partial charge on any atom is 0.220 e. The Morgan fingerprint density at radius 1 is 1.62 bits per heavy atom.